The lowest BCUT2D eigenvalue weighted by atomic mass is 9.97. The number of carbonyl (C=O) groups is 4. The van der Waals surface area contributed by atoms with Crippen LogP contribution in [-0.4, -0.2) is 210 Å². The van der Waals surface area contributed by atoms with Crippen molar-refractivity contribution >= 4 is 32.3 Å². The number of aliphatic carboxylic acids is 4. The summed E-state index contributed by atoms with van der Waals surface area (Å²) in [7, 11) is 6.93. The maximum Gasteiger partial charge on any atom is 0.126 e. The topological polar surface area (TPSA) is 422 Å². The predicted molar refractivity (Wildman–Crippen MR) is 179 cm³/mol. The molecule has 0 aromatic heterocycles. The first-order chi connectivity index (χ1) is 23.9. The fraction of sp³-hybridized carbons (Fsp3) is 0.871. The van der Waals surface area contributed by atoms with Gasteiger partial charge in [-0.3, -0.25) is 0 Å². The molecule has 4 aliphatic heterocycles. The highest BCUT2D eigenvalue weighted by atomic mass is 16.7. The van der Waals surface area contributed by atoms with Crippen LogP contribution in [0.5, 0.6) is 0 Å². The van der Waals surface area contributed by atoms with E-state index in [4.69, 9.17) is 52.8 Å². The summed E-state index contributed by atoms with van der Waals surface area (Å²) in [5.74, 6) is -5.86. The minimum atomic E-state index is -1.46. The second-order valence-corrected chi connectivity index (χ2v) is 11.7. The summed E-state index contributed by atoms with van der Waals surface area (Å²) >= 11 is 0. The van der Waals surface area contributed by atoms with Crippen LogP contribution in [0, 0.1) is 5.92 Å². The van der Waals surface area contributed by atoms with Crippen LogP contribution in [0.1, 0.15) is 27.7 Å². The summed E-state index contributed by atoms with van der Waals surface area (Å²) in [6.45, 7) is 3.38. The van der Waals surface area contributed by atoms with Gasteiger partial charge in [0.25, 0.3) is 0 Å². The molecule has 56 heavy (non-hydrogen) atoms. The molecular weight excluding hydrogens is 767 g/mol. The number of carbonyl (C=O) groups excluding carboxylic acids is 4. The Labute approximate surface area is 325 Å². The van der Waals surface area contributed by atoms with Crippen molar-refractivity contribution in [3.63, 3.8) is 0 Å². The fourth-order valence-electron chi connectivity index (χ4n) is 5.12. The Kier molecular flexibility index (Phi) is 33.9. The van der Waals surface area contributed by atoms with Gasteiger partial charge in [-0.1, -0.05) is 7.43 Å². The van der Waals surface area contributed by atoms with Gasteiger partial charge in [-0.25, -0.2) is 0 Å². The molecular formula is C31H58BO24-4. The number of methoxy groups -OCH3 is 5. The van der Waals surface area contributed by atoms with Crippen molar-refractivity contribution in [2.45, 2.75) is 113 Å². The monoisotopic (exact) mass is 825 g/mol. The Morgan fingerprint density at radius 3 is 1.30 bits per heavy atom. The Morgan fingerprint density at radius 2 is 1.00 bits per heavy atom. The van der Waals surface area contributed by atoms with Crippen molar-refractivity contribution in [1.29, 1.82) is 0 Å². The highest BCUT2D eigenvalue weighted by molar-refractivity contribution is 5.75. The van der Waals surface area contributed by atoms with Crippen molar-refractivity contribution < 1.29 is 119 Å². The van der Waals surface area contributed by atoms with Gasteiger partial charge in [0.1, 0.15) is 73.2 Å². The van der Waals surface area contributed by atoms with E-state index in [2.05, 4.69) is 0 Å². The molecule has 15 atom stereocenters. The lowest BCUT2D eigenvalue weighted by molar-refractivity contribution is -0.329. The first-order valence-corrected chi connectivity index (χ1v) is 15.6. The van der Waals surface area contributed by atoms with Gasteiger partial charge in [0.15, 0.2) is 0 Å². The van der Waals surface area contributed by atoms with Gasteiger partial charge in [-0.15, -0.1) is 0 Å². The number of hydrogen-bond acceptors (Lipinski definition) is 21. The molecule has 0 amide bonds. The number of epoxide rings is 1. The van der Waals surface area contributed by atoms with E-state index in [1.807, 2.05) is 6.92 Å². The Morgan fingerprint density at radius 1 is 0.643 bits per heavy atom. The van der Waals surface area contributed by atoms with Crippen molar-refractivity contribution in [1.82, 2.24) is 0 Å². The number of ether oxygens (including phenoxy) is 9. The molecule has 0 saturated carbocycles. The van der Waals surface area contributed by atoms with E-state index >= 15 is 0 Å². The molecule has 24 nitrogen and oxygen atoms in total. The zero-order chi connectivity index (χ0) is 39.2. The van der Waals surface area contributed by atoms with Crippen LogP contribution in [0.15, 0.2) is 0 Å². The molecule has 4 saturated heterocycles. The quantitative estimate of drug-likeness (QED) is 0.105. The Bertz CT molecular complexity index is 1030. The first kappa shape index (κ1) is 62.5. The molecule has 333 valence electrons. The van der Waals surface area contributed by atoms with Gasteiger partial charge in [-0.05, 0) is 20.3 Å². The SMILES string of the molecule is C.COC(C)CC(C(=O)[O-])C(C)OC.COC1C(C(=O)[O-])OCC(O)C1O.COC1C(C(=O)[O-])OCC(O)C1O.COC1C(C(=O)[O-])OCC2OC21.O.O.O.[B]. The third-order valence-corrected chi connectivity index (χ3v) is 8.38. The number of hydrogen-bond donors (Lipinski definition) is 4. The molecule has 4 aliphatic rings. The molecule has 0 spiro atoms. The number of fused-ring (bicyclic) bond motifs is 1. The van der Waals surface area contributed by atoms with E-state index < -0.39 is 90.8 Å². The van der Waals surface area contributed by atoms with E-state index in [0.717, 1.165) is 0 Å². The highest BCUT2D eigenvalue weighted by Gasteiger charge is 2.53. The van der Waals surface area contributed by atoms with Crippen LogP contribution in [0.2, 0.25) is 0 Å². The zero-order valence-electron chi connectivity index (χ0n) is 31.3. The summed E-state index contributed by atoms with van der Waals surface area (Å²) in [6, 6.07) is 0. The second-order valence-electron chi connectivity index (χ2n) is 11.7. The Balaban J connectivity index is -0.000000200. The lowest BCUT2D eigenvalue weighted by Gasteiger charge is -2.37. The summed E-state index contributed by atoms with van der Waals surface area (Å²) < 4.78 is 43.8. The minimum Gasteiger partial charge on any atom is -0.550 e. The molecule has 4 fully saturated rings. The van der Waals surface area contributed by atoms with Gasteiger partial charge in [-0.2, -0.15) is 0 Å². The summed E-state index contributed by atoms with van der Waals surface area (Å²) in [5, 5.41) is 79.0. The van der Waals surface area contributed by atoms with Crippen LogP contribution >= 0.6 is 0 Å². The van der Waals surface area contributed by atoms with Crippen LogP contribution in [0.25, 0.3) is 0 Å². The molecule has 10 N–H and O–H groups in total. The lowest BCUT2D eigenvalue weighted by Crippen LogP contribution is -2.59. The van der Waals surface area contributed by atoms with Crippen LogP contribution in [0.4, 0.5) is 0 Å². The minimum absolute atomic E-state index is 0. The van der Waals surface area contributed by atoms with Crippen LogP contribution in [-0.2, 0) is 61.8 Å². The van der Waals surface area contributed by atoms with Crippen molar-refractivity contribution in [3.8, 4) is 0 Å². The standard InChI is InChI=1S/C9H18O4.2C7H12O6.C7H10O5.CH4.B.3H2O/c1-6(12-3)5-8(9(10)11)7(2)13-4;2*1-12-5-4(9)3(8)2-13-6(5)7(10)11;1-10-5-4-3(12-4)2-11-6(5)7(8)9;;;;;/h6-8H,5H2,1-4H3,(H,10,11);2*3-6,8-9H,2H2,1H3,(H,10,11);3-6H,2H2,1H3,(H,8,9);1H4;;3*1H2/p-4. The first-order valence-electron chi connectivity index (χ1n) is 15.6. The number of aliphatic hydroxyl groups excluding tert-OH is 4. The summed E-state index contributed by atoms with van der Waals surface area (Å²) in [6.07, 6.45) is -11.3. The zero-order valence-corrected chi connectivity index (χ0v) is 31.3. The predicted octanol–water partition coefficient (Wildman–Crippen LogP) is -10.7. The number of aliphatic hydroxyl groups is 4. The molecule has 4 heterocycles. The van der Waals surface area contributed by atoms with Gasteiger partial charge < -0.3 is 119 Å². The number of carboxylic acid groups (broad SMARTS) is 4. The average Bonchev–Trinajstić information content (AvgIpc) is 3.89. The maximum atomic E-state index is 10.7. The van der Waals surface area contributed by atoms with E-state index in [-0.39, 0.29) is 69.9 Å². The summed E-state index contributed by atoms with van der Waals surface area (Å²) in [5.41, 5.74) is 0. The van der Waals surface area contributed by atoms with E-state index in [0.29, 0.717) is 13.0 Å². The van der Waals surface area contributed by atoms with E-state index in [9.17, 15) is 49.8 Å². The van der Waals surface area contributed by atoms with Crippen molar-refractivity contribution in [2.24, 2.45) is 5.92 Å². The molecule has 0 bridgehead atoms. The normalized spacial score (nSPS) is 32.5. The average molecular weight is 826 g/mol. The molecule has 0 aromatic rings. The van der Waals surface area contributed by atoms with E-state index in [1.165, 1.54) is 28.4 Å². The van der Waals surface area contributed by atoms with Crippen LogP contribution < -0.4 is 20.4 Å². The largest absolute Gasteiger partial charge is 0.550 e. The van der Waals surface area contributed by atoms with Crippen molar-refractivity contribution in [2.75, 3.05) is 55.4 Å². The van der Waals surface area contributed by atoms with Gasteiger partial charge >= 0.3 is 0 Å². The highest BCUT2D eigenvalue weighted by Crippen LogP contribution is 2.34. The van der Waals surface area contributed by atoms with Crippen molar-refractivity contribution in [3.05, 3.63) is 0 Å². The molecule has 0 aliphatic carbocycles. The van der Waals surface area contributed by atoms with Gasteiger partial charge in [0.2, 0.25) is 0 Å². The third kappa shape index (κ3) is 18.3. The van der Waals surface area contributed by atoms with Gasteiger partial charge in [0, 0.05) is 55.8 Å². The number of carboxylic acids is 4. The molecule has 15 unspecified atom stereocenters. The van der Waals surface area contributed by atoms with E-state index in [1.54, 1.807) is 14.0 Å². The molecule has 4 rings (SSSR count). The fourth-order valence-corrected chi connectivity index (χ4v) is 5.12. The second kappa shape index (κ2) is 30.4. The third-order valence-electron chi connectivity index (χ3n) is 8.38. The number of rotatable bonds is 12. The smallest absolute Gasteiger partial charge is 0.126 e. The van der Waals surface area contributed by atoms with Crippen LogP contribution in [0.3, 0.4) is 0 Å². The maximum absolute atomic E-state index is 10.7. The van der Waals surface area contributed by atoms with Gasteiger partial charge in [0.05, 0.1) is 49.9 Å². The molecule has 0 aromatic carbocycles. The Hall–Kier alpha value is -2.70. The molecule has 3 radical (unpaired) electrons. The molecule has 25 heteroatoms. The summed E-state index contributed by atoms with van der Waals surface area (Å²) in [4.78, 5) is 42.2.